The van der Waals surface area contributed by atoms with E-state index in [2.05, 4.69) is 11.9 Å². The number of ether oxygens (including phenoxy) is 1. The highest BCUT2D eigenvalue weighted by atomic mass is 19.1. The van der Waals surface area contributed by atoms with Crippen LogP contribution in [0.25, 0.3) is 17.2 Å². The normalized spacial score (nSPS) is 16.1. The van der Waals surface area contributed by atoms with Crippen LogP contribution in [0.1, 0.15) is 26.3 Å². The summed E-state index contributed by atoms with van der Waals surface area (Å²) in [4.78, 5) is 12.3. The van der Waals surface area contributed by atoms with Crippen LogP contribution in [0.5, 0.6) is 5.75 Å². The van der Waals surface area contributed by atoms with Crippen molar-refractivity contribution < 1.29 is 24.2 Å². The number of benzene rings is 2. The topological polar surface area (TPSA) is 90.8 Å². The van der Waals surface area contributed by atoms with E-state index in [0.29, 0.717) is 0 Å². The summed E-state index contributed by atoms with van der Waals surface area (Å²) in [7, 11) is 1.63. The fourth-order valence-corrected chi connectivity index (χ4v) is 3.38. The molecule has 172 valence electrons. The van der Waals surface area contributed by atoms with E-state index in [1.54, 1.807) is 13.2 Å². The highest BCUT2D eigenvalue weighted by Crippen LogP contribution is 2.31. The van der Waals surface area contributed by atoms with Crippen molar-refractivity contribution in [3.8, 4) is 16.9 Å². The molecule has 0 radical (unpaired) electrons. The van der Waals surface area contributed by atoms with Gasteiger partial charge < -0.3 is 9.84 Å². The maximum Gasteiger partial charge on any atom is 0.266 e. The third kappa shape index (κ3) is 5.43. The molecule has 2 rings (SSSR count). The minimum absolute atomic E-state index is 0.0698. The number of hydrogen-bond donors (Lipinski definition) is 4. The zero-order chi connectivity index (χ0) is 23.9. The van der Waals surface area contributed by atoms with Gasteiger partial charge in [0.15, 0.2) is 6.17 Å². The van der Waals surface area contributed by atoms with Crippen molar-refractivity contribution in [2.24, 2.45) is 0 Å². The Morgan fingerprint density at radius 3 is 2.44 bits per heavy atom. The Morgan fingerprint density at radius 2 is 1.88 bits per heavy atom. The van der Waals surface area contributed by atoms with Gasteiger partial charge in [0.1, 0.15) is 16.9 Å². The van der Waals surface area contributed by atoms with Crippen LogP contribution in [0.3, 0.4) is 0 Å². The highest BCUT2D eigenvalue weighted by Gasteiger charge is 2.54. The molecule has 0 saturated heterocycles. The Kier molecular flexibility index (Phi) is 8.32. The van der Waals surface area contributed by atoms with Crippen molar-refractivity contribution in [3.05, 3.63) is 72.3 Å². The lowest BCUT2D eigenvalue weighted by Gasteiger charge is -2.43. The molecule has 1 amide bonds. The number of hydrogen-bond acceptors (Lipinski definition) is 5. The maximum atomic E-state index is 14.6. The van der Waals surface area contributed by atoms with Gasteiger partial charge in [-0.15, -0.1) is 0 Å². The van der Waals surface area contributed by atoms with Crippen molar-refractivity contribution in [1.82, 2.24) is 10.8 Å². The Labute approximate surface area is 188 Å². The van der Waals surface area contributed by atoms with Crippen molar-refractivity contribution in [2.45, 2.75) is 38.1 Å². The Hall–Kier alpha value is -3.00. The van der Waals surface area contributed by atoms with Crippen molar-refractivity contribution >= 4 is 12.0 Å². The first-order chi connectivity index (χ1) is 15.1. The number of alkyl halides is 1. The van der Waals surface area contributed by atoms with Crippen LogP contribution in [-0.2, 0) is 4.79 Å². The molecule has 32 heavy (non-hydrogen) atoms. The lowest BCUT2D eigenvalue weighted by molar-refractivity contribution is -0.152. The molecule has 7 heteroatoms. The molecule has 0 saturated carbocycles. The largest absolute Gasteiger partial charge is 0.497 e. The predicted molar refractivity (Wildman–Crippen MR) is 124 cm³/mol. The first kappa shape index (κ1) is 25.3. The number of amides is 1. The maximum absolute atomic E-state index is 14.6. The van der Waals surface area contributed by atoms with Gasteiger partial charge in [0.2, 0.25) is 0 Å². The Balaban J connectivity index is 2.11. The van der Waals surface area contributed by atoms with Gasteiger partial charge in [0.25, 0.3) is 5.91 Å². The summed E-state index contributed by atoms with van der Waals surface area (Å²) < 4.78 is 19.9. The predicted octanol–water partition coefficient (Wildman–Crippen LogP) is 3.89. The van der Waals surface area contributed by atoms with Crippen molar-refractivity contribution in [3.63, 3.8) is 0 Å². The Bertz CT molecular complexity index is 972. The average molecular weight is 443 g/mol. The third-order valence-corrected chi connectivity index (χ3v) is 5.69. The molecule has 0 fully saturated rings. The zero-order valence-corrected chi connectivity index (χ0v) is 18.9. The highest BCUT2D eigenvalue weighted by molar-refractivity contribution is 5.86. The zero-order valence-electron chi connectivity index (χ0n) is 18.9. The molecular weight excluding hydrogens is 411 g/mol. The third-order valence-electron chi connectivity index (χ3n) is 5.69. The van der Waals surface area contributed by atoms with Crippen LogP contribution in [0, 0.1) is 0 Å². The number of rotatable bonds is 10. The van der Waals surface area contributed by atoms with E-state index in [9.17, 15) is 14.3 Å². The first-order valence-corrected chi connectivity index (χ1v) is 10.2. The van der Waals surface area contributed by atoms with E-state index < -0.39 is 23.2 Å². The van der Waals surface area contributed by atoms with E-state index in [1.165, 1.54) is 26.3 Å². The molecular formula is C25H31FN2O4. The summed E-state index contributed by atoms with van der Waals surface area (Å²) in [6.45, 7) is 7.59. The molecule has 2 aromatic carbocycles. The molecule has 0 aromatic heterocycles. The lowest BCUT2D eigenvalue weighted by atomic mass is 9.76. The molecule has 0 spiro atoms. The van der Waals surface area contributed by atoms with E-state index in [1.807, 2.05) is 54.6 Å². The molecule has 6 nitrogen and oxygen atoms in total. The molecule has 0 heterocycles. The van der Waals surface area contributed by atoms with Crippen LogP contribution < -0.4 is 15.5 Å². The van der Waals surface area contributed by atoms with Crippen LogP contribution in [0.2, 0.25) is 0 Å². The number of hydroxylamine groups is 1. The number of nitrogens with one attached hydrogen (secondary N) is 2. The summed E-state index contributed by atoms with van der Waals surface area (Å²) in [5.41, 5.74) is 0.593. The number of methoxy groups -OCH3 is 1. The summed E-state index contributed by atoms with van der Waals surface area (Å²) in [6.07, 6.45) is 1.69. The fraction of sp³-hybridized carbons (Fsp3) is 0.320. The van der Waals surface area contributed by atoms with Gasteiger partial charge >= 0.3 is 0 Å². The molecule has 0 aliphatic carbocycles. The first-order valence-electron chi connectivity index (χ1n) is 10.2. The summed E-state index contributed by atoms with van der Waals surface area (Å²) >= 11 is 0. The molecule has 3 atom stereocenters. The smallest absolute Gasteiger partial charge is 0.266 e. The second-order valence-electron chi connectivity index (χ2n) is 8.06. The standard InChI is InChI=1S/C25H31FN2O4/c1-17(2)22(26)25(4,30)24(3,23(29)28-31)27-15-7-8-18-11-13-19(14-12-18)20-9-6-10-21(16-20)32-5/h6-14,16,22,27,30-31H,1,15H2,2-5H3,(H,28,29). The van der Waals surface area contributed by atoms with E-state index in [-0.39, 0.29) is 12.1 Å². The summed E-state index contributed by atoms with van der Waals surface area (Å²) in [5, 5.41) is 22.7. The SMILES string of the molecule is C=C(C)C(F)C(C)(O)C(C)(NCC=Cc1ccc(-c2cccc(OC)c2)cc1)C(=O)NO. The van der Waals surface area contributed by atoms with Gasteiger partial charge in [-0.2, -0.15) is 0 Å². The number of aliphatic hydroxyl groups is 1. The molecule has 0 aliphatic heterocycles. The monoisotopic (exact) mass is 442 g/mol. The second-order valence-corrected chi connectivity index (χ2v) is 8.06. The van der Waals surface area contributed by atoms with Gasteiger partial charge in [-0.3, -0.25) is 15.3 Å². The van der Waals surface area contributed by atoms with E-state index >= 15 is 0 Å². The second kappa shape index (κ2) is 10.5. The lowest BCUT2D eigenvalue weighted by Crippen LogP contribution is -2.70. The van der Waals surface area contributed by atoms with Crippen LogP contribution in [0.4, 0.5) is 4.39 Å². The van der Waals surface area contributed by atoms with Crippen LogP contribution in [0.15, 0.2) is 66.8 Å². The van der Waals surface area contributed by atoms with Crippen molar-refractivity contribution in [1.29, 1.82) is 0 Å². The van der Waals surface area contributed by atoms with Gasteiger partial charge in [0, 0.05) is 6.54 Å². The molecule has 4 N–H and O–H groups in total. The van der Waals surface area contributed by atoms with Crippen LogP contribution >= 0.6 is 0 Å². The molecule has 0 aliphatic rings. The number of carbonyl (C=O) groups excluding carboxylic acids is 1. The van der Waals surface area contributed by atoms with Gasteiger partial charge in [-0.25, -0.2) is 9.87 Å². The van der Waals surface area contributed by atoms with Crippen LogP contribution in [-0.4, -0.2) is 47.2 Å². The fourth-order valence-electron chi connectivity index (χ4n) is 3.38. The van der Waals surface area contributed by atoms with Crippen molar-refractivity contribution in [2.75, 3.05) is 13.7 Å². The van der Waals surface area contributed by atoms with E-state index in [0.717, 1.165) is 22.4 Å². The minimum atomic E-state index is -2.15. The van der Waals surface area contributed by atoms with E-state index in [4.69, 9.17) is 9.94 Å². The summed E-state index contributed by atoms with van der Waals surface area (Å²) in [5.74, 6) is -0.173. The Morgan fingerprint density at radius 1 is 1.22 bits per heavy atom. The van der Waals surface area contributed by atoms with Gasteiger partial charge in [-0.1, -0.05) is 55.1 Å². The van der Waals surface area contributed by atoms with Gasteiger partial charge in [0.05, 0.1) is 7.11 Å². The number of halogens is 1. The van der Waals surface area contributed by atoms with Gasteiger partial charge in [-0.05, 0) is 55.2 Å². The molecule has 2 aromatic rings. The summed E-state index contributed by atoms with van der Waals surface area (Å²) in [6, 6.07) is 15.6. The quantitative estimate of drug-likeness (QED) is 0.255. The number of carbonyl (C=O) groups is 1. The average Bonchev–Trinajstić information content (AvgIpc) is 2.80. The molecule has 0 bridgehead atoms. The molecule has 3 unspecified atom stereocenters. The minimum Gasteiger partial charge on any atom is -0.497 e.